The molecule has 5 aromatic rings. The molecule has 1 aliphatic rings. The van der Waals surface area contributed by atoms with Crippen LogP contribution in [0.5, 0.6) is 5.75 Å². The van der Waals surface area contributed by atoms with Crippen LogP contribution in [-0.4, -0.2) is 33.8 Å². The molecule has 0 saturated carbocycles. The number of aromatic nitrogens is 2. The summed E-state index contributed by atoms with van der Waals surface area (Å²) in [5, 5.41) is 11.3. The van der Waals surface area contributed by atoms with E-state index < -0.39 is 0 Å². The number of amides is 1. The van der Waals surface area contributed by atoms with Gasteiger partial charge in [-0.2, -0.15) is 15.2 Å². The first-order chi connectivity index (χ1) is 21.5. The minimum atomic E-state index is -0.168. The Balaban J connectivity index is 1.43. The maximum absolute atomic E-state index is 14.0. The third kappa shape index (κ3) is 6.28. The second kappa shape index (κ2) is 13.0. The normalized spacial score (nSPS) is 13.8. The highest BCUT2D eigenvalue weighted by atomic mass is 32.2. The van der Waals surface area contributed by atoms with Crippen LogP contribution in [0, 0.1) is 13.8 Å². The fraction of sp³-hybridized carbons (Fsp3) is 0.108. The minimum absolute atomic E-state index is 0.168. The molecule has 7 heteroatoms. The molecule has 0 saturated heterocycles. The van der Waals surface area contributed by atoms with Crippen molar-refractivity contribution in [1.82, 2.24) is 9.78 Å². The van der Waals surface area contributed by atoms with Crippen molar-refractivity contribution in [3.05, 3.63) is 144 Å². The zero-order valence-electron chi connectivity index (χ0n) is 24.7. The van der Waals surface area contributed by atoms with E-state index in [1.54, 1.807) is 17.8 Å². The molecule has 0 fully saturated rings. The molecule has 0 atom stereocenters. The lowest BCUT2D eigenvalue weighted by Crippen LogP contribution is -2.21. The largest absolute Gasteiger partial charge is 0.489 e. The number of aryl methyl sites for hydroxylation is 2. The van der Waals surface area contributed by atoms with E-state index in [9.17, 15) is 4.79 Å². The summed E-state index contributed by atoms with van der Waals surface area (Å²) in [6, 6.07) is 33.9. The van der Waals surface area contributed by atoms with Gasteiger partial charge < -0.3 is 4.74 Å². The molecule has 0 unspecified atom stereocenters. The van der Waals surface area contributed by atoms with Gasteiger partial charge >= 0.3 is 0 Å². The number of carbonyl (C=O) groups excluding carboxylic acids is 1. The number of hydrogen-bond acceptors (Lipinski definition) is 5. The second-order valence-electron chi connectivity index (χ2n) is 10.5. The van der Waals surface area contributed by atoms with E-state index >= 15 is 0 Å². The molecule has 0 aliphatic carbocycles. The van der Waals surface area contributed by atoms with Gasteiger partial charge in [0, 0.05) is 28.0 Å². The van der Waals surface area contributed by atoms with Crippen molar-refractivity contribution in [2.24, 2.45) is 5.10 Å². The predicted molar refractivity (Wildman–Crippen MR) is 181 cm³/mol. The molecule has 6 rings (SSSR count). The molecule has 218 valence electrons. The topological polar surface area (TPSA) is 59.7 Å². The van der Waals surface area contributed by atoms with Crippen LogP contribution in [0.4, 0.5) is 5.69 Å². The molecule has 1 aliphatic heterocycles. The molecule has 2 heterocycles. The summed E-state index contributed by atoms with van der Waals surface area (Å²) in [6.45, 7) is 8.27. The third-order valence-corrected chi connectivity index (χ3v) is 8.24. The van der Waals surface area contributed by atoms with E-state index in [2.05, 4.69) is 43.8 Å². The van der Waals surface area contributed by atoms with Crippen LogP contribution >= 0.6 is 11.8 Å². The highest BCUT2D eigenvalue weighted by molar-refractivity contribution is 8.00. The van der Waals surface area contributed by atoms with E-state index in [-0.39, 0.29) is 5.91 Å². The highest BCUT2D eigenvalue weighted by Crippen LogP contribution is 2.33. The summed E-state index contributed by atoms with van der Waals surface area (Å²) in [6.07, 6.45) is 5.63. The molecular formula is C37H32N4O2S. The first kappa shape index (κ1) is 29.0. The first-order valence-corrected chi connectivity index (χ1v) is 15.4. The van der Waals surface area contributed by atoms with Gasteiger partial charge in [0.15, 0.2) is 0 Å². The average molecular weight is 597 g/mol. The van der Waals surface area contributed by atoms with E-state index in [4.69, 9.17) is 14.9 Å². The van der Waals surface area contributed by atoms with E-state index in [0.717, 1.165) is 44.4 Å². The number of hydrazone groups is 1. The van der Waals surface area contributed by atoms with Crippen molar-refractivity contribution in [2.75, 3.05) is 17.4 Å². The zero-order valence-corrected chi connectivity index (χ0v) is 25.5. The maximum Gasteiger partial charge on any atom is 0.280 e. The van der Waals surface area contributed by atoms with Gasteiger partial charge in [-0.1, -0.05) is 66.7 Å². The Hall–Kier alpha value is -5.14. The number of para-hydroxylation sites is 2. The average Bonchev–Trinajstić information content (AvgIpc) is 3.62. The number of anilines is 1. The molecule has 0 bridgehead atoms. The Morgan fingerprint density at radius 1 is 0.886 bits per heavy atom. The Kier molecular flexibility index (Phi) is 8.57. The van der Waals surface area contributed by atoms with Crippen LogP contribution in [0.25, 0.3) is 23.0 Å². The number of thioether (sulfide) groups is 1. The van der Waals surface area contributed by atoms with E-state index in [1.807, 2.05) is 96.7 Å². The summed E-state index contributed by atoms with van der Waals surface area (Å²) in [5.74, 6) is 1.17. The fourth-order valence-corrected chi connectivity index (χ4v) is 5.78. The van der Waals surface area contributed by atoms with Crippen molar-refractivity contribution < 1.29 is 9.53 Å². The summed E-state index contributed by atoms with van der Waals surface area (Å²) in [7, 11) is 0. The molecule has 0 radical (unpaired) electrons. The molecule has 4 aromatic carbocycles. The van der Waals surface area contributed by atoms with Crippen LogP contribution in [0.3, 0.4) is 0 Å². The van der Waals surface area contributed by atoms with Crippen LogP contribution < -0.4 is 9.75 Å². The fourth-order valence-electron chi connectivity index (χ4n) is 4.93. The lowest BCUT2D eigenvalue weighted by Gasteiger charge is -2.11. The van der Waals surface area contributed by atoms with Gasteiger partial charge in [0.25, 0.3) is 5.91 Å². The van der Waals surface area contributed by atoms with Crippen molar-refractivity contribution in [1.29, 1.82) is 0 Å². The third-order valence-electron chi connectivity index (χ3n) is 7.22. The van der Waals surface area contributed by atoms with Crippen molar-refractivity contribution in [2.45, 2.75) is 18.7 Å². The molecular weight excluding hydrogens is 565 g/mol. The quantitative estimate of drug-likeness (QED) is 0.0925. The minimum Gasteiger partial charge on any atom is -0.489 e. The Morgan fingerprint density at radius 2 is 1.59 bits per heavy atom. The smallest absolute Gasteiger partial charge is 0.280 e. The molecule has 1 amide bonds. The monoisotopic (exact) mass is 596 g/mol. The zero-order chi connectivity index (χ0) is 30.5. The summed E-state index contributed by atoms with van der Waals surface area (Å²) in [4.78, 5) is 15.1. The lowest BCUT2D eigenvalue weighted by atomic mass is 10.0. The Labute approximate surface area is 262 Å². The van der Waals surface area contributed by atoms with Crippen molar-refractivity contribution in [3.8, 4) is 22.7 Å². The predicted octanol–water partition coefficient (Wildman–Crippen LogP) is 8.30. The molecule has 0 N–H and O–H groups in total. The highest BCUT2D eigenvalue weighted by Gasteiger charge is 2.31. The molecule has 44 heavy (non-hydrogen) atoms. The van der Waals surface area contributed by atoms with Gasteiger partial charge in [-0.25, -0.2) is 4.68 Å². The van der Waals surface area contributed by atoms with Gasteiger partial charge in [0.1, 0.15) is 12.4 Å². The van der Waals surface area contributed by atoms with Gasteiger partial charge in [-0.3, -0.25) is 4.79 Å². The summed E-state index contributed by atoms with van der Waals surface area (Å²) in [5.41, 5.74) is 7.61. The van der Waals surface area contributed by atoms with E-state index in [0.29, 0.717) is 23.6 Å². The number of ether oxygens (including phenoxy) is 1. The standard InChI is InChI=1S/C37H32N4O2S/c1-4-21-43-35-20-17-28(22-27(35)3)36-29(24-40(39-36)30-11-7-5-8-12-30)23-33-34(25-44-32-18-15-26(2)16-19-32)38-41(37(33)42)31-13-9-6-10-14-31/h4-20,22-24H,1,21,25H2,2-3H3/b33-23+. The van der Waals surface area contributed by atoms with E-state index in [1.165, 1.54) is 10.6 Å². The Bertz CT molecular complexity index is 1860. The van der Waals surface area contributed by atoms with Crippen molar-refractivity contribution in [3.63, 3.8) is 0 Å². The van der Waals surface area contributed by atoms with Gasteiger partial charge in [0.05, 0.1) is 28.4 Å². The summed E-state index contributed by atoms with van der Waals surface area (Å²) < 4.78 is 7.67. The number of nitrogens with zero attached hydrogens (tertiary/aromatic N) is 4. The first-order valence-electron chi connectivity index (χ1n) is 14.4. The SMILES string of the molecule is C=CCOc1ccc(-c2nn(-c3ccccc3)cc2/C=C2/C(=O)N(c3ccccc3)N=C2CSc2ccc(C)cc2)cc1C. The van der Waals surface area contributed by atoms with Crippen LogP contribution in [-0.2, 0) is 4.79 Å². The second-order valence-corrected chi connectivity index (χ2v) is 11.5. The molecule has 6 nitrogen and oxygen atoms in total. The number of rotatable bonds is 10. The lowest BCUT2D eigenvalue weighted by molar-refractivity contribution is -0.114. The molecule has 1 aromatic heterocycles. The van der Waals surface area contributed by atoms with Gasteiger partial charge in [0.2, 0.25) is 0 Å². The van der Waals surface area contributed by atoms with Crippen molar-refractivity contribution >= 4 is 35.1 Å². The van der Waals surface area contributed by atoms with Gasteiger partial charge in [-0.15, -0.1) is 11.8 Å². The van der Waals surface area contributed by atoms with Crippen LogP contribution in [0.15, 0.2) is 138 Å². The maximum atomic E-state index is 14.0. The molecule has 0 spiro atoms. The van der Waals surface area contributed by atoms with Crippen LogP contribution in [0.2, 0.25) is 0 Å². The van der Waals surface area contributed by atoms with Crippen LogP contribution in [0.1, 0.15) is 16.7 Å². The number of carbonyl (C=O) groups is 1. The number of benzene rings is 4. The van der Waals surface area contributed by atoms with Gasteiger partial charge in [-0.05, 0) is 80.1 Å². The number of hydrogen-bond donors (Lipinski definition) is 0. The summed E-state index contributed by atoms with van der Waals surface area (Å²) >= 11 is 1.66. The Morgan fingerprint density at radius 3 is 2.27 bits per heavy atom.